The van der Waals surface area contributed by atoms with Crippen LogP contribution in [0.4, 0.5) is 5.69 Å². The molecule has 0 radical (unpaired) electrons. The molecule has 0 atom stereocenters. The van der Waals surface area contributed by atoms with Gasteiger partial charge in [0.05, 0.1) is 0 Å². The Morgan fingerprint density at radius 3 is 2.67 bits per heavy atom. The maximum absolute atomic E-state index is 4.43. The first-order valence-corrected chi connectivity index (χ1v) is 6.80. The molecule has 0 aliphatic carbocycles. The van der Waals surface area contributed by atoms with E-state index in [1.54, 1.807) is 0 Å². The van der Waals surface area contributed by atoms with Crippen molar-refractivity contribution >= 4 is 5.69 Å². The first kappa shape index (κ1) is 13.3. The molecule has 100 valence electrons. The molecule has 0 aromatic carbocycles. The fourth-order valence-electron chi connectivity index (χ4n) is 2.31. The van der Waals surface area contributed by atoms with Gasteiger partial charge in [-0.3, -0.25) is 4.98 Å². The third kappa shape index (κ3) is 3.21. The van der Waals surface area contributed by atoms with Crippen LogP contribution in [0, 0.1) is 6.92 Å². The summed E-state index contributed by atoms with van der Waals surface area (Å²) >= 11 is 0. The molecule has 0 unspecified atom stereocenters. The zero-order valence-electron chi connectivity index (χ0n) is 11.7. The molecule has 1 aromatic heterocycles. The van der Waals surface area contributed by atoms with Crippen LogP contribution in [0.1, 0.15) is 18.2 Å². The molecule has 1 aliphatic rings. The zero-order chi connectivity index (χ0) is 13.0. The minimum Gasteiger partial charge on any atom is -0.369 e. The van der Waals surface area contributed by atoms with Crippen molar-refractivity contribution in [1.82, 2.24) is 15.2 Å². The number of anilines is 1. The maximum Gasteiger partial charge on any atom is 0.0446 e. The van der Waals surface area contributed by atoms with E-state index in [1.807, 2.05) is 6.20 Å². The van der Waals surface area contributed by atoms with E-state index >= 15 is 0 Å². The lowest BCUT2D eigenvalue weighted by Crippen LogP contribution is -2.45. The van der Waals surface area contributed by atoms with Gasteiger partial charge in [0, 0.05) is 55.9 Å². The minimum atomic E-state index is 0.908. The summed E-state index contributed by atoms with van der Waals surface area (Å²) in [5.74, 6) is 0. The first-order valence-electron chi connectivity index (χ1n) is 6.80. The van der Waals surface area contributed by atoms with Crippen LogP contribution in [-0.2, 0) is 6.54 Å². The van der Waals surface area contributed by atoms with E-state index < -0.39 is 0 Å². The lowest BCUT2D eigenvalue weighted by Gasteiger charge is -2.35. The number of aromatic nitrogens is 1. The number of hydrogen-bond acceptors (Lipinski definition) is 4. The third-order valence-electron chi connectivity index (χ3n) is 3.51. The summed E-state index contributed by atoms with van der Waals surface area (Å²) in [6.45, 7) is 10.6. The van der Waals surface area contributed by atoms with Crippen LogP contribution < -0.4 is 10.2 Å². The van der Waals surface area contributed by atoms with Gasteiger partial charge in [-0.25, -0.2) is 0 Å². The lowest BCUT2D eigenvalue weighted by atomic mass is 10.1. The molecule has 1 aliphatic heterocycles. The summed E-state index contributed by atoms with van der Waals surface area (Å²) in [7, 11) is 2.19. The van der Waals surface area contributed by atoms with Crippen molar-refractivity contribution in [2.75, 3.05) is 44.7 Å². The van der Waals surface area contributed by atoms with Crippen LogP contribution in [-0.4, -0.2) is 49.7 Å². The van der Waals surface area contributed by atoms with Crippen LogP contribution >= 0.6 is 0 Å². The second kappa shape index (κ2) is 6.16. The fourth-order valence-corrected chi connectivity index (χ4v) is 2.31. The van der Waals surface area contributed by atoms with E-state index in [2.05, 4.69) is 47.1 Å². The van der Waals surface area contributed by atoms with Crippen molar-refractivity contribution in [1.29, 1.82) is 0 Å². The number of likely N-dealkylation sites (N-methyl/N-ethyl adjacent to an activating group) is 1. The quantitative estimate of drug-likeness (QED) is 0.869. The van der Waals surface area contributed by atoms with Gasteiger partial charge in [-0.1, -0.05) is 6.92 Å². The lowest BCUT2D eigenvalue weighted by molar-refractivity contribution is 0.312. The maximum atomic E-state index is 4.43. The van der Waals surface area contributed by atoms with E-state index in [0.717, 1.165) is 45.0 Å². The molecule has 0 saturated carbocycles. The third-order valence-corrected chi connectivity index (χ3v) is 3.51. The average molecular weight is 248 g/mol. The second-order valence-corrected chi connectivity index (χ2v) is 5.03. The average Bonchev–Trinajstić information content (AvgIpc) is 2.38. The van der Waals surface area contributed by atoms with E-state index in [9.17, 15) is 0 Å². The molecule has 0 amide bonds. The number of nitrogens with one attached hydrogen (secondary N) is 1. The summed E-state index contributed by atoms with van der Waals surface area (Å²) in [6, 6.07) is 2.22. The van der Waals surface area contributed by atoms with Crippen molar-refractivity contribution in [2.45, 2.75) is 20.4 Å². The molecule has 2 heterocycles. The standard InChI is InChI=1S/C14H24N4/c1-4-15-10-13-11-16-12(2)9-14(13)18-7-5-17(3)6-8-18/h9,11,15H,4-8,10H2,1-3H3. The molecule has 0 bridgehead atoms. The van der Waals surface area contributed by atoms with Gasteiger partial charge >= 0.3 is 0 Å². The van der Waals surface area contributed by atoms with Crippen molar-refractivity contribution in [3.63, 3.8) is 0 Å². The summed E-state index contributed by atoms with van der Waals surface area (Å²) in [5.41, 5.74) is 3.77. The molecule has 1 aromatic rings. The van der Waals surface area contributed by atoms with Gasteiger partial charge in [-0.2, -0.15) is 0 Å². The van der Waals surface area contributed by atoms with Gasteiger partial charge in [-0.05, 0) is 26.6 Å². The number of pyridine rings is 1. The van der Waals surface area contributed by atoms with E-state index in [0.29, 0.717) is 0 Å². The molecular weight excluding hydrogens is 224 g/mol. The second-order valence-electron chi connectivity index (χ2n) is 5.03. The van der Waals surface area contributed by atoms with Crippen LogP contribution in [0.25, 0.3) is 0 Å². The molecule has 4 nitrogen and oxygen atoms in total. The first-order chi connectivity index (χ1) is 8.70. The van der Waals surface area contributed by atoms with E-state index in [4.69, 9.17) is 0 Å². The molecule has 4 heteroatoms. The predicted molar refractivity (Wildman–Crippen MR) is 76.1 cm³/mol. The summed E-state index contributed by atoms with van der Waals surface area (Å²) in [5, 5.41) is 3.40. The van der Waals surface area contributed by atoms with Crippen molar-refractivity contribution in [3.05, 3.63) is 23.5 Å². The summed E-state index contributed by atoms with van der Waals surface area (Å²) in [4.78, 5) is 9.30. The Morgan fingerprint density at radius 2 is 2.00 bits per heavy atom. The molecule has 1 fully saturated rings. The molecule has 2 rings (SSSR count). The van der Waals surface area contributed by atoms with Gasteiger partial charge in [0.25, 0.3) is 0 Å². The number of aryl methyl sites for hydroxylation is 1. The van der Waals surface area contributed by atoms with Crippen molar-refractivity contribution in [3.8, 4) is 0 Å². The molecular formula is C14H24N4. The number of rotatable bonds is 4. The Hall–Kier alpha value is -1.13. The van der Waals surface area contributed by atoms with Crippen molar-refractivity contribution < 1.29 is 0 Å². The molecule has 1 saturated heterocycles. The highest BCUT2D eigenvalue weighted by Gasteiger charge is 2.17. The SMILES string of the molecule is CCNCc1cnc(C)cc1N1CCN(C)CC1. The number of piperazine rings is 1. The van der Waals surface area contributed by atoms with Gasteiger partial charge < -0.3 is 15.1 Å². The topological polar surface area (TPSA) is 31.4 Å². The van der Waals surface area contributed by atoms with Crippen molar-refractivity contribution in [2.24, 2.45) is 0 Å². The molecule has 1 N–H and O–H groups in total. The largest absolute Gasteiger partial charge is 0.369 e. The Bertz CT molecular complexity index is 383. The molecule has 0 spiro atoms. The highest BCUT2D eigenvalue weighted by molar-refractivity contribution is 5.54. The van der Waals surface area contributed by atoms with Gasteiger partial charge in [0.2, 0.25) is 0 Å². The summed E-state index contributed by atoms with van der Waals surface area (Å²) < 4.78 is 0. The Morgan fingerprint density at radius 1 is 1.28 bits per heavy atom. The van der Waals surface area contributed by atoms with E-state index in [1.165, 1.54) is 11.3 Å². The number of hydrogen-bond donors (Lipinski definition) is 1. The molecule has 18 heavy (non-hydrogen) atoms. The Balaban J connectivity index is 2.16. The Kier molecular flexibility index (Phi) is 4.55. The van der Waals surface area contributed by atoms with Crippen LogP contribution in [0.3, 0.4) is 0 Å². The number of nitrogens with zero attached hydrogens (tertiary/aromatic N) is 3. The smallest absolute Gasteiger partial charge is 0.0446 e. The summed E-state index contributed by atoms with van der Waals surface area (Å²) in [6.07, 6.45) is 2.02. The van der Waals surface area contributed by atoms with E-state index in [-0.39, 0.29) is 0 Å². The van der Waals surface area contributed by atoms with Gasteiger partial charge in [0.15, 0.2) is 0 Å². The highest BCUT2D eigenvalue weighted by Crippen LogP contribution is 2.22. The van der Waals surface area contributed by atoms with Crippen LogP contribution in [0.2, 0.25) is 0 Å². The normalized spacial score (nSPS) is 17.2. The Labute approximate surface area is 110 Å². The zero-order valence-corrected chi connectivity index (χ0v) is 11.7. The fraction of sp³-hybridized carbons (Fsp3) is 0.643. The van der Waals surface area contributed by atoms with Gasteiger partial charge in [0.1, 0.15) is 0 Å². The van der Waals surface area contributed by atoms with Crippen LogP contribution in [0.5, 0.6) is 0 Å². The van der Waals surface area contributed by atoms with Gasteiger partial charge in [-0.15, -0.1) is 0 Å². The predicted octanol–water partition coefficient (Wildman–Crippen LogP) is 1.25. The minimum absolute atomic E-state index is 0.908. The van der Waals surface area contributed by atoms with Crippen LogP contribution in [0.15, 0.2) is 12.3 Å². The monoisotopic (exact) mass is 248 g/mol. The highest BCUT2D eigenvalue weighted by atomic mass is 15.2.